The van der Waals surface area contributed by atoms with Gasteiger partial charge >= 0.3 is 37.3 Å². The van der Waals surface area contributed by atoms with Crippen molar-refractivity contribution in [2.24, 2.45) is 0 Å². The molecule has 0 N–H and O–H groups in total. The molecular weight excluding hydrogens is 164 g/mol. The molecule has 0 aromatic rings. The van der Waals surface area contributed by atoms with Crippen LogP contribution in [0.5, 0.6) is 0 Å². The molecule has 25 valence electrons. The zero-order chi connectivity index (χ0) is 3.41. The molecule has 0 heterocycles. The van der Waals surface area contributed by atoms with Crippen molar-refractivity contribution in [3.05, 3.63) is 0 Å². The molecule has 0 nitrogen and oxygen atoms in total. The first-order valence-electron chi connectivity index (χ1n) is 1.40. The first-order chi connectivity index (χ1) is 1.91. The van der Waals surface area contributed by atoms with Gasteiger partial charge in [0.1, 0.15) is 0 Å². The Bertz CT molecular complexity index is 5.25. The van der Waals surface area contributed by atoms with Crippen LogP contribution in [0.25, 0.3) is 0 Å². The molecule has 0 saturated carbocycles. The van der Waals surface area contributed by atoms with Crippen molar-refractivity contribution in [3.8, 4) is 0 Å². The molecule has 0 rings (SSSR count). The van der Waals surface area contributed by atoms with Gasteiger partial charge < -0.3 is 0 Å². The van der Waals surface area contributed by atoms with Crippen molar-refractivity contribution >= 4 is 20.9 Å². The molecule has 0 spiro atoms. The van der Waals surface area contributed by atoms with Gasteiger partial charge in [0.05, 0.1) is 0 Å². The van der Waals surface area contributed by atoms with Gasteiger partial charge in [-0.2, -0.15) is 0 Å². The van der Waals surface area contributed by atoms with Gasteiger partial charge in [-0.3, -0.25) is 0 Å². The average Bonchev–Trinajstić information content (AvgIpc) is 1.37. The predicted octanol–water partition coefficient (Wildman–Crippen LogP) is 1.18. The molecule has 0 aromatic heterocycles. The van der Waals surface area contributed by atoms with Crippen LogP contribution in [0.3, 0.4) is 0 Å². The SMILES string of the molecule is CC[Te+]C. The van der Waals surface area contributed by atoms with Gasteiger partial charge in [-0.15, -0.1) is 0 Å². The standard InChI is InChI=1S/C3H8Te/c1-3-4-2/h3H2,1-2H3/q+1. The zero-order valence-electron chi connectivity index (χ0n) is 3.12. The summed E-state index contributed by atoms with van der Waals surface area (Å²) in [5, 5.41) is 0. The summed E-state index contributed by atoms with van der Waals surface area (Å²) in [6.07, 6.45) is 0. The van der Waals surface area contributed by atoms with Crippen LogP contribution >= 0.6 is 0 Å². The van der Waals surface area contributed by atoms with Crippen LogP contribution < -0.4 is 0 Å². The van der Waals surface area contributed by atoms with Crippen molar-refractivity contribution in [3.63, 3.8) is 0 Å². The maximum atomic E-state index is 2.31. The molecule has 0 unspecified atom stereocenters. The second kappa shape index (κ2) is 3.79. The van der Waals surface area contributed by atoms with Crippen LogP contribution in [0.4, 0.5) is 0 Å². The number of hydrogen-bond donors (Lipinski definition) is 0. The molecule has 0 aliphatic heterocycles. The van der Waals surface area contributed by atoms with E-state index >= 15 is 0 Å². The molecule has 0 aromatic carbocycles. The molecule has 1 heteroatoms. The summed E-state index contributed by atoms with van der Waals surface area (Å²) in [6, 6.07) is 0. The normalized spacial score (nSPS) is 7.50. The van der Waals surface area contributed by atoms with E-state index in [4.69, 9.17) is 0 Å². The summed E-state index contributed by atoms with van der Waals surface area (Å²) in [7, 11) is 0. The Hall–Kier alpha value is 0.790. The molecule has 4 heavy (non-hydrogen) atoms. The molecule has 1 radical (unpaired) electrons. The third-order valence-corrected chi connectivity index (χ3v) is 1.94. The molecular formula is C3H8Te+. The van der Waals surface area contributed by atoms with E-state index in [0.29, 0.717) is 20.9 Å². The Kier molecular flexibility index (Phi) is 4.54. The Morgan fingerprint density at radius 1 is 1.75 bits per heavy atom. The summed E-state index contributed by atoms with van der Waals surface area (Å²) < 4.78 is 1.45. The van der Waals surface area contributed by atoms with Crippen LogP contribution in [-0.4, -0.2) is 20.9 Å². The molecule has 0 amide bonds. The van der Waals surface area contributed by atoms with Crippen molar-refractivity contribution in [2.75, 3.05) is 0 Å². The Morgan fingerprint density at radius 2 is 2.00 bits per heavy atom. The first-order valence-corrected chi connectivity index (χ1v) is 5.38. The summed E-state index contributed by atoms with van der Waals surface area (Å²) in [4.78, 5) is 2.31. The minimum absolute atomic E-state index is 0.482. The quantitative estimate of drug-likeness (QED) is 0.520. The maximum absolute atomic E-state index is 2.31. The van der Waals surface area contributed by atoms with Gasteiger partial charge in [0.15, 0.2) is 0 Å². The van der Waals surface area contributed by atoms with Crippen LogP contribution in [0.1, 0.15) is 6.92 Å². The van der Waals surface area contributed by atoms with E-state index in [0.717, 1.165) is 0 Å². The van der Waals surface area contributed by atoms with E-state index in [1.54, 1.807) is 0 Å². The van der Waals surface area contributed by atoms with E-state index in [1.165, 1.54) is 4.47 Å². The van der Waals surface area contributed by atoms with Crippen LogP contribution in [0.2, 0.25) is 9.44 Å². The third-order valence-electron chi connectivity index (χ3n) is 0.289. The topological polar surface area (TPSA) is 0 Å². The summed E-state index contributed by atoms with van der Waals surface area (Å²) >= 11 is 0.482. The van der Waals surface area contributed by atoms with E-state index in [-0.39, 0.29) is 0 Å². The first kappa shape index (κ1) is 4.79. The second-order valence-electron chi connectivity index (χ2n) is 0.577. The van der Waals surface area contributed by atoms with E-state index in [9.17, 15) is 0 Å². The monoisotopic (exact) mass is 174 g/mol. The Balaban J connectivity index is 1.97. The van der Waals surface area contributed by atoms with Gasteiger partial charge in [-0.05, 0) is 0 Å². The average molecular weight is 172 g/mol. The van der Waals surface area contributed by atoms with Crippen molar-refractivity contribution in [1.82, 2.24) is 0 Å². The zero-order valence-corrected chi connectivity index (χ0v) is 5.45. The van der Waals surface area contributed by atoms with E-state index in [2.05, 4.69) is 11.9 Å². The van der Waals surface area contributed by atoms with Crippen molar-refractivity contribution in [2.45, 2.75) is 16.4 Å². The molecule has 0 fully saturated rings. The van der Waals surface area contributed by atoms with Gasteiger partial charge in [0, 0.05) is 0 Å². The summed E-state index contributed by atoms with van der Waals surface area (Å²) in [5.41, 5.74) is 0. The Labute approximate surface area is 37.7 Å². The summed E-state index contributed by atoms with van der Waals surface area (Å²) in [6.45, 7) is 2.24. The fourth-order valence-corrected chi connectivity index (χ4v) is 0. The number of rotatable bonds is 1. The molecule has 0 saturated heterocycles. The minimum atomic E-state index is 0.482. The van der Waals surface area contributed by atoms with Crippen LogP contribution in [0.15, 0.2) is 0 Å². The van der Waals surface area contributed by atoms with Gasteiger partial charge in [0.25, 0.3) is 0 Å². The van der Waals surface area contributed by atoms with Crippen LogP contribution in [0, 0.1) is 0 Å². The number of hydrogen-bond acceptors (Lipinski definition) is 0. The molecule has 0 aliphatic rings. The fourth-order valence-electron chi connectivity index (χ4n) is 0. The molecule has 0 atom stereocenters. The van der Waals surface area contributed by atoms with Gasteiger partial charge in [-0.25, -0.2) is 0 Å². The third kappa shape index (κ3) is 2.79. The van der Waals surface area contributed by atoms with Gasteiger partial charge in [0.2, 0.25) is 0 Å². The fraction of sp³-hybridized carbons (Fsp3) is 1.00. The van der Waals surface area contributed by atoms with Crippen molar-refractivity contribution < 1.29 is 0 Å². The van der Waals surface area contributed by atoms with Gasteiger partial charge in [-0.1, -0.05) is 0 Å². The van der Waals surface area contributed by atoms with E-state index in [1.807, 2.05) is 0 Å². The second-order valence-corrected chi connectivity index (χ2v) is 3.87. The molecule has 0 aliphatic carbocycles. The van der Waals surface area contributed by atoms with Crippen molar-refractivity contribution in [1.29, 1.82) is 0 Å². The van der Waals surface area contributed by atoms with Crippen LogP contribution in [-0.2, 0) is 0 Å². The summed E-state index contributed by atoms with van der Waals surface area (Å²) in [5.74, 6) is 0. The predicted molar refractivity (Wildman–Crippen MR) is 22.1 cm³/mol. The Morgan fingerprint density at radius 3 is 2.00 bits per heavy atom. The van der Waals surface area contributed by atoms with E-state index < -0.39 is 0 Å². The molecule has 0 bridgehead atoms.